The molecule has 0 aliphatic carbocycles. The van der Waals surface area contributed by atoms with Crippen LogP contribution in [0.25, 0.3) is 0 Å². The van der Waals surface area contributed by atoms with Crippen LogP contribution in [0.3, 0.4) is 0 Å². The molecule has 0 saturated carbocycles. The van der Waals surface area contributed by atoms with Gasteiger partial charge in [-0.3, -0.25) is 5.84 Å². The Kier molecular flexibility index (Phi) is 3.58. The molecule has 0 aliphatic rings. The van der Waals surface area contributed by atoms with Crippen LogP contribution in [-0.2, 0) is 0 Å². The lowest BCUT2D eigenvalue weighted by Gasteiger charge is -2.12. The van der Waals surface area contributed by atoms with E-state index in [2.05, 4.69) is 19.3 Å². The predicted molar refractivity (Wildman–Crippen MR) is 54.6 cm³/mol. The summed E-state index contributed by atoms with van der Waals surface area (Å²) in [6.07, 6.45) is 1.27. The number of hydrogen-bond donors (Lipinski definition) is 2. The summed E-state index contributed by atoms with van der Waals surface area (Å²) in [5.41, 5.74) is 3.45. The molecule has 0 bridgehead atoms. The first kappa shape index (κ1) is 9.86. The smallest absolute Gasteiger partial charge is 0.119 e. The van der Waals surface area contributed by atoms with Gasteiger partial charge in [0, 0.05) is 5.69 Å². The van der Waals surface area contributed by atoms with Gasteiger partial charge in [0.05, 0.1) is 6.10 Å². The fraction of sp³-hybridized carbons (Fsp3) is 0.400. The van der Waals surface area contributed by atoms with Gasteiger partial charge in [-0.15, -0.1) is 0 Å². The van der Waals surface area contributed by atoms with Crippen molar-refractivity contribution in [3.63, 3.8) is 0 Å². The van der Waals surface area contributed by atoms with E-state index in [0.717, 1.165) is 17.9 Å². The van der Waals surface area contributed by atoms with Gasteiger partial charge in [-0.05, 0) is 37.6 Å². The van der Waals surface area contributed by atoms with Gasteiger partial charge >= 0.3 is 0 Å². The topological polar surface area (TPSA) is 47.3 Å². The van der Waals surface area contributed by atoms with Crippen LogP contribution in [0.4, 0.5) is 5.69 Å². The zero-order valence-electron chi connectivity index (χ0n) is 8.08. The van der Waals surface area contributed by atoms with E-state index in [0.29, 0.717) is 0 Å². The number of nitrogen functional groups attached to an aromatic ring is 1. The molecule has 0 saturated heterocycles. The van der Waals surface area contributed by atoms with Crippen molar-refractivity contribution in [2.75, 3.05) is 5.43 Å². The third-order valence-electron chi connectivity index (χ3n) is 1.93. The summed E-state index contributed by atoms with van der Waals surface area (Å²) < 4.78 is 5.59. The van der Waals surface area contributed by atoms with Crippen molar-refractivity contribution < 1.29 is 4.74 Å². The number of anilines is 1. The minimum absolute atomic E-state index is 0.261. The Balaban J connectivity index is 2.58. The first-order chi connectivity index (χ1) is 6.26. The molecule has 0 heterocycles. The fourth-order valence-corrected chi connectivity index (χ4v) is 0.945. The van der Waals surface area contributed by atoms with Crippen molar-refractivity contribution in [1.29, 1.82) is 0 Å². The molecule has 13 heavy (non-hydrogen) atoms. The Bertz CT molecular complexity index is 246. The van der Waals surface area contributed by atoms with E-state index in [1.54, 1.807) is 0 Å². The highest BCUT2D eigenvalue weighted by Gasteiger charge is 1.99. The second-order valence-corrected chi connectivity index (χ2v) is 3.01. The number of ether oxygens (including phenoxy) is 1. The van der Waals surface area contributed by atoms with E-state index >= 15 is 0 Å². The number of rotatable bonds is 4. The average Bonchev–Trinajstić information content (AvgIpc) is 2.19. The van der Waals surface area contributed by atoms with E-state index in [1.165, 1.54) is 0 Å². The van der Waals surface area contributed by atoms with Gasteiger partial charge in [-0.2, -0.15) is 0 Å². The van der Waals surface area contributed by atoms with Crippen LogP contribution in [0.2, 0.25) is 0 Å². The number of hydrogen-bond acceptors (Lipinski definition) is 3. The average molecular weight is 180 g/mol. The summed E-state index contributed by atoms with van der Waals surface area (Å²) in [4.78, 5) is 0. The molecule has 1 aromatic rings. The monoisotopic (exact) mass is 180 g/mol. The molecule has 0 radical (unpaired) electrons. The number of nitrogens with one attached hydrogen (secondary N) is 1. The molecule has 1 unspecified atom stereocenters. The Hall–Kier alpha value is -1.22. The van der Waals surface area contributed by atoms with Gasteiger partial charge in [0.25, 0.3) is 0 Å². The van der Waals surface area contributed by atoms with Crippen LogP contribution in [0.1, 0.15) is 20.3 Å². The molecule has 1 rings (SSSR count). The summed E-state index contributed by atoms with van der Waals surface area (Å²) in [6.45, 7) is 4.15. The summed E-state index contributed by atoms with van der Waals surface area (Å²) in [6, 6.07) is 7.58. The first-order valence-corrected chi connectivity index (χ1v) is 4.49. The molecule has 0 fully saturated rings. The maximum Gasteiger partial charge on any atom is 0.119 e. The van der Waals surface area contributed by atoms with Crippen LogP contribution in [0.15, 0.2) is 24.3 Å². The van der Waals surface area contributed by atoms with Crippen molar-refractivity contribution in [2.24, 2.45) is 5.84 Å². The highest BCUT2D eigenvalue weighted by molar-refractivity contribution is 5.45. The van der Waals surface area contributed by atoms with Crippen molar-refractivity contribution in [3.8, 4) is 5.75 Å². The normalized spacial score (nSPS) is 12.2. The molecule has 3 heteroatoms. The third-order valence-corrected chi connectivity index (χ3v) is 1.93. The maximum absolute atomic E-state index is 5.59. The van der Waals surface area contributed by atoms with Crippen molar-refractivity contribution >= 4 is 5.69 Å². The van der Waals surface area contributed by atoms with Crippen molar-refractivity contribution in [3.05, 3.63) is 24.3 Å². The van der Waals surface area contributed by atoms with Gasteiger partial charge in [0.15, 0.2) is 0 Å². The van der Waals surface area contributed by atoms with E-state index in [-0.39, 0.29) is 6.10 Å². The van der Waals surface area contributed by atoms with Crippen LogP contribution in [-0.4, -0.2) is 6.10 Å². The zero-order chi connectivity index (χ0) is 9.68. The van der Waals surface area contributed by atoms with E-state index in [1.807, 2.05) is 24.3 Å². The Morgan fingerprint density at radius 2 is 2.00 bits per heavy atom. The van der Waals surface area contributed by atoms with Crippen molar-refractivity contribution in [1.82, 2.24) is 0 Å². The molecule has 0 aromatic heterocycles. The second-order valence-electron chi connectivity index (χ2n) is 3.01. The van der Waals surface area contributed by atoms with E-state index < -0.39 is 0 Å². The molecule has 3 nitrogen and oxygen atoms in total. The zero-order valence-corrected chi connectivity index (χ0v) is 8.08. The fourth-order valence-electron chi connectivity index (χ4n) is 0.945. The number of benzene rings is 1. The second kappa shape index (κ2) is 4.72. The molecule has 1 atom stereocenters. The molecule has 72 valence electrons. The lowest BCUT2D eigenvalue weighted by molar-refractivity contribution is 0.217. The summed E-state index contributed by atoms with van der Waals surface area (Å²) in [5.74, 6) is 6.12. The third kappa shape index (κ3) is 2.95. The largest absolute Gasteiger partial charge is 0.491 e. The Labute approximate surface area is 78.9 Å². The van der Waals surface area contributed by atoms with Gasteiger partial charge in [-0.25, -0.2) is 0 Å². The lowest BCUT2D eigenvalue weighted by atomic mass is 10.3. The highest BCUT2D eigenvalue weighted by Crippen LogP contribution is 2.16. The number of nitrogens with two attached hydrogens (primary N) is 1. The molecule has 3 N–H and O–H groups in total. The molecule has 0 aliphatic heterocycles. The Morgan fingerprint density at radius 3 is 2.46 bits per heavy atom. The standard InChI is InChI=1S/C10H16N2O/c1-3-8(2)13-10-6-4-9(12-11)5-7-10/h4-8,12H,3,11H2,1-2H3. The highest BCUT2D eigenvalue weighted by atomic mass is 16.5. The summed E-state index contributed by atoms with van der Waals surface area (Å²) in [7, 11) is 0. The quantitative estimate of drug-likeness (QED) is 0.551. The van der Waals surface area contributed by atoms with Crippen LogP contribution < -0.4 is 16.0 Å². The van der Waals surface area contributed by atoms with Crippen LogP contribution in [0.5, 0.6) is 5.75 Å². The molecular weight excluding hydrogens is 164 g/mol. The summed E-state index contributed by atoms with van der Waals surface area (Å²) in [5, 5.41) is 0. The number of hydrazine groups is 1. The lowest BCUT2D eigenvalue weighted by Crippen LogP contribution is -2.10. The van der Waals surface area contributed by atoms with Gasteiger partial charge in [0.2, 0.25) is 0 Å². The van der Waals surface area contributed by atoms with Crippen LogP contribution in [0, 0.1) is 0 Å². The van der Waals surface area contributed by atoms with Gasteiger partial charge in [-0.1, -0.05) is 6.92 Å². The Morgan fingerprint density at radius 1 is 1.38 bits per heavy atom. The van der Waals surface area contributed by atoms with Crippen molar-refractivity contribution in [2.45, 2.75) is 26.4 Å². The van der Waals surface area contributed by atoms with Crippen LogP contribution >= 0.6 is 0 Å². The molecule has 0 spiro atoms. The maximum atomic E-state index is 5.59. The SMILES string of the molecule is CCC(C)Oc1ccc(NN)cc1. The van der Waals surface area contributed by atoms with E-state index in [4.69, 9.17) is 10.6 Å². The van der Waals surface area contributed by atoms with Gasteiger partial charge in [0.1, 0.15) is 5.75 Å². The molecule has 1 aromatic carbocycles. The summed E-state index contributed by atoms with van der Waals surface area (Å²) >= 11 is 0. The predicted octanol–water partition coefficient (Wildman–Crippen LogP) is 2.15. The minimum atomic E-state index is 0.261. The van der Waals surface area contributed by atoms with Gasteiger partial charge < -0.3 is 10.2 Å². The van der Waals surface area contributed by atoms with E-state index in [9.17, 15) is 0 Å². The molecular formula is C10H16N2O. The molecule has 0 amide bonds. The minimum Gasteiger partial charge on any atom is -0.491 e. The first-order valence-electron chi connectivity index (χ1n) is 4.49.